The molecule has 2 atom stereocenters. The smallest absolute Gasteiger partial charge is 0.260 e. The van der Waals surface area contributed by atoms with Crippen LogP contribution >= 0.6 is 0 Å². The van der Waals surface area contributed by atoms with Crippen molar-refractivity contribution in [3.63, 3.8) is 0 Å². The van der Waals surface area contributed by atoms with Gasteiger partial charge < -0.3 is 24.6 Å². The third kappa shape index (κ3) is 3.46. The topological polar surface area (TPSA) is 79.2 Å². The summed E-state index contributed by atoms with van der Waals surface area (Å²) in [6.07, 6.45) is 1.13. The number of carbonyl (C=O) groups is 1. The SMILES string of the molecule is CC1(C)Cc2cccc(OCC(=O)N3CC[C@@](C)(O)[C@@](C)(O)C3)c2O1. The Morgan fingerprint density at radius 3 is 2.64 bits per heavy atom. The van der Waals surface area contributed by atoms with Crippen LogP contribution < -0.4 is 9.47 Å². The molecule has 3 rings (SSSR count). The first kappa shape index (κ1) is 18.0. The number of ether oxygens (including phenoxy) is 2. The van der Waals surface area contributed by atoms with E-state index < -0.39 is 11.2 Å². The highest BCUT2D eigenvalue weighted by Gasteiger charge is 2.47. The van der Waals surface area contributed by atoms with E-state index in [9.17, 15) is 15.0 Å². The van der Waals surface area contributed by atoms with E-state index in [0.717, 1.165) is 12.0 Å². The van der Waals surface area contributed by atoms with E-state index in [0.29, 0.717) is 24.5 Å². The van der Waals surface area contributed by atoms with Gasteiger partial charge in [-0.15, -0.1) is 0 Å². The number of β-amino-alcohol motifs (C(OH)–C–C–N with tert-alkyl or cyclic N) is 1. The Balaban J connectivity index is 1.64. The summed E-state index contributed by atoms with van der Waals surface area (Å²) in [6, 6.07) is 5.69. The number of benzene rings is 1. The predicted molar refractivity (Wildman–Crippen MR) is 92.8 cm³/mol. The highest BCUT2D eigenvalue weighted by Crippen LogP contribution is 2.41. The van der Waals surface area contributed by atoms with Crippen LogP contribution in [0.4, 0.5) is 0 Å². The molecular weight excluding hydrogens is 322 g/mol. The molecule has 1 fully saturated rings. The molecule has 6 nitrogen and oxygen atoms in total. The lowest BCUT2D eigenvalue weighted by molar-refractivity contribution is -0.178. The molecule has 25 heavy (non-hydrogen) atoms. The van der Waals surface area contributed by atoms with Crippen LogP contribution in [-0.2, 0) is 11.2 Å². The van der Waals surface area contributed by atoms with Gasteiger partial charge in [0.25, 0.3) is 5.91 Å². The van der Waals surface area contributed by atoms with E-state index in [2.05, 4.69) is 0 Å². The van der Waals surface area contributed by atoms with E-state index in [1.807, 2.05) is 26.0 Å². The number of amides is 1. The molecule has 2 N–H and O–H groups in total. The highest BCUT2D eigenvalue weighted by atomic mass is 16.5. The summed E-state index contributed by atoms with van der Waals surface area (Å²) in [5.74, 6) is 1.05. The van der Waals surface area contributed by atoms with Crippen LogP contribution in [0, 0.1) is 0 Å². The predicted octanol–water partition coefficient (Wildman–Crippen LogP) is 1.51. The van der Waals surface area contributed by atoms with Gasteiger partial charge in [-0.2, -0.15) is 0 Å². The maximum Gasteiger partial charge on any atom is 0.260 e. The molecule has 2 heterocycles. The molecule has 1 saturated heterocycles. The number of hydrogen-bond donors (Lipinski definition) is 2. The van der Waals surface area contributed by atoms with Gasteiger partial charge >= 0.3 is 0 Å². The van der Waals surface area contributed by atoms with Crippen molar-refractivity contribution in [1.29, 1.82) is 0 Å². The second-order valence-corrected chi connectivity index (χ2v) is 8.18. The first-order chi connectivity index (χ1) is 11.5. The molecule has 0 spiro atoms. The lowest BCUT2D eigenvalue weighted by Gasteiger charge is -2.46. The standard InChI is InChI=1S/C19H27NO5/c1-17(2)10-13-6-5-7-14(16(13)25-17)24-11-15(21)20-9-8-18(3,22)19(4,23)12-20/h5-7,22-23H,8-12H2,1-4H3/t18-,19+/m1/s1. The lowest BCUT2D eigenvalue weighted by atomic mass is 9.79. The Hall–Kier alpha value is -1.79. The van der Waals surface area contributed by atoms with Crippen molar-refractivity contribution < 1.29 is 24.5 Å². The molecule has 0 aromatic heterocycles. The summed E-state index contributed by atoms with van der Waals surface area (Å²) in [7, 11) is 0. The number of likely N-dealkylation sites (tertiary alicyclic amines) is 1. The average molecular weight is 349 g/mol. The van der Waals surface area contributed by atoms with Gasteiger partial charge in [-0.25, -0.2) is 0 Å². The Bertz CT molecular complexity index is 680. The van der Waals surface area contributed by atoms with Crippen molar-refractivity contribution in [2.75, 3.05) is 19.7 Å². The Morgan fingerprint density at radius 2 is 1.96 bits per heavy atom. The van der Waals surface area contributed by atoms with Crippen LogP contribution in [0.15, 0.2) is 18.2 Å². The number of hydrogen-bond acceptors (Lipinski definition) is 5. The molecule has 2 aliphatic rings. The van der Waals surface area contributed by atoms with Crippen LogP contribution in [0.25, 0.3) is 0 Å². The number of rotatable bonds is 3. The molecule has 0 saturated carbocycles. The molecule has 0 radical (unpaired) electrons. The maximum atomic E-state index is 12.5. The summed E-state index contributed by atoms with van der Waals surface area (Å²) in [5, 5.41) is 20.6. The number of piperidine rings is 1. The number of aliphatic hydroxyl groups is 2. The van der Waals surface area contributed by atoms with Gasteiger partial charge in [-0.1, -0.05) is 12.1 Å². The quantitative estimate of drug-likeness (QED) is 0.865. The summed E-state index contributed by atoms with van der Waals surface area (Å²) < 4.78 is 11.7. The molecule has 2 aliphatic heterocycles. The second kappa shape index (κ2) is 5.88. The van der Waals surface area contributed by atoms with Crippen LogP contribution in [0.1, 0.15) is 39.7 Å². The molecule has 0 bridgehead atoms. The van der Waals surface area contributed by atoms with Gasteiger partial charge in [0, 0.05) is 18.5 Å². The molecule has 6 heteroatoms. The highest BCUT2D eigenvalue weighted by molar-refractivity contribution is 5.78. The third-order valence-electron chi connectivity index (χ3n) is 5.29. The number of para-hydroxylation sites is 1. The van der Waals surface area contributed by atoms with E-state index in [1.54, 1.807) is 19.9 Å². The van der Waals surface area contributed by atoms with Crippen molar-refractivity contribution >= 4 is 5.91 Å². The number of fused-ring (bicyclic) bond motifs is 1. The minimum absolute atomic E-state index is 0.0820. The minimum Gasteiger partial charge on any atom is -0.483 e. The Kier molecular flexibility index (Phi) is 4.24. The van der Waals surface area contributed by atoms with E-state index >= 15 is 0 Å². The second-order valence-electron chi connectivity index (χ2n) is 8.18. The fraction of sp³-hybridized carbons (Fsp3) is 0.632. The third-order valence-corrected chi connectivity index (χ3v) is 5.29. The number of carbonyl (C=O) groups excluding carboxylic acids is 1. The molecule has 1 amide bonds. The van der Waals surface area contributed by atoms with Gasteiger partial charge in [0.2, 0.25) is 0 Å². The normalized spacial score (nSPS) is 30.6. The van der Waals surface area contributed by atoms with Gasteiger partial charge in [0.1, 0.15) is 11.2 Å². The Morgan fingerprint density at radius 1 is 1.24 bits per heavy atom. The van der Waals surface area contributed by atoms with Crippen molar-refractivity contribution in [1.82, 2.24) is 4.90 Å². The summed E-state index contributed by atoms with van der Waals surface area (Å²) in [6.45, 7) is 7.52. The average Bonchev–Trinajstić information content (AvgIpc) is 2.82. The molecule has 0 unspecified atom stereocenters. The first-order valence-electron chi connectivity index (χ1n) is 8.67. The monoisotopic (exact) mass is 349 g/mol. The molecule has 1 aromatic rings. The van der Waals surface area contributed by atoms with Gasteiger partial charge in [-0.3, -0.25) is 4.79 Å². The fourth-order valence-corrected chi connectivity index (χ4v) is 3.39. The first-order valence-corrected chi connectivity index (χ1v) is 8.67. The van der Waals surface area contributed by atoms with Crippen molar-refractivity contribution in [3.8, 4) is 11.5 Å². The van der Waals surface area contributed by atoms with Gasteiger partial charge in [0.15, 0.2) is 18.1 Å². The lowest BCUT2D eigenvalue weighted by Crippen LogP contribution is -2.63. The van der Waals surface area contributed by atoms with Crippen molar-refractivity contribution in [2.45, 2.75) is 57.3 Å². The summed E-state index contributed by atoms with van der Waals surface area (Å²) in [5.41, 5.74) is -1.75. The van der Waals surface area contributed by atoms with Crippen LogP contribution in [0.5, 0.6) is 11.5 Å². The van der Waals surface area contributed by atoms with Crippen molar-refractivity contribution in [3.05, 3.63) is 23.8 Å². The molecule has 1 aromatic carbocycles. The van der Waals surface area contributed by atoms with E-state index in [-0.39, 0.29) is 24.7 Å². The van der Waals surface area contributed by atoms with Gasteiger partial charge in [-0.05, 0) is 40.2 Å². The fourth-order valence-electron chi connectivity index (χ4n) is 3.39. The summed E-state index contributed by atoms with van der Waals surface area (Å²) in [4.78, 5) is 14.0. The van der Waals surface area contributed by atoms with Crippen LogP contribution in [-0.4, -0.2) is 57.5 Å². The van der Waals surface area contributed by atoms with Crippen LogP contribution in [0.3, 0.4) is 0 Å². The van der Waals surface area contributed by atoms with E-state index in [1.165, 1.54) is 4.90 Å². The summed E-state index contributed by atoms with van der Waals surface area (Å²) >= 11 is 0. The molecule has 138 valence electrons. The zero-order valence-electron chi connectivity index (χ0n) is 15.3. The van der Waals surface area contributed by atoms with Crippen LogP contribution in [0.2, 0.25) is 0 Å². The maximum absolute atomic E-state index is 12.5. The Labute approximate surface area is 148 Å². The zero-order chi connectivity index (χ0) is 18.5. The van der Waals surface area contributed by atoms with Crippen molar-refractivity contribution in [2.24, 2.45) is 0 Å². The van der Waals surface area contributed by atoms with Gasteiger partial charge in [0.05, 0.1) is 12.1 Å². The van der Waals surface area contributed by atoms with E-state index in [4.69, 9.17) is 9.47 Å². The molecule has 0 aliphatic carbocycles. The number of nitrogens with zero attached hydrogens (tertiary/aromatic N) is 1. The largest absolute Gasteiger partial charge is 0.483 e. The molecular formula is C19H27NO5. The zero-order valence-corrected chi connectivity index (χ0v) is 15.3. The minimum atomic E-state index is -1.35.